The van der Waals surface area contributed by atoms with Gasteiger partial charge in [0.05, 0.1) is 33.7 Å². The van der Waals surface area contributed by atoms with Gasteiger partial charge in [-0.15, -0.1) is 0 Å². The number of anilines is 4. The van der Waals surface area contributed by atoms with Gasteiger partial charge in [0.2, 0.25) is 5.91 Å². The van der Waals surface area contributed by atoms with Gasteiger partial charge in [-0.2, -0.15) is 0 Å². The Hall–Kier alpha value is -3.97. The summed E-state index contributed by atoms with van der Waals surface area (Å²) in [5, 5.41) is 6.09. The Morgan fingerprint density at radius 2 is 1.68 bits per heavy atom. The topological polar surface area (TPSA) is 174 Å². The normalized spacial score (nSPS) is 11.3. The fourth-order valence-corrected chi connectivity index (χ4v) is 4.76. The maximum atomic E-state index is 13.5. The van der Waals surface area contributed by atoms with Crippen molar-refractivity contribution in [3.63, 3.8) is 0 Å². The van der Waals surface area contributed by atoms with Crippen molar-refractivity contribution in [3.05, 3.63) is 71.2 Å². The van der Waals surface area contributed by atoms with Crippen molar-refractivity contribution in [2.24, 2.45) is 11.5 Å². The van der Waals surface area contributed by atoms with Gasteiger partial charge in [0.25, 0.3) is 10.0 Å². The molecule has 0 radical (unpaired) electrons. The van der Waals surface area contributed by atoms with Crippen molar-refractivity contribution in [1.82, 2.24) is 9.97 Å². The molecule has 0 spiro atoms. The predicted octanol–water partition coefficient (Wildman–Crippen LogP) is 3.58. The number of hydrogen-bond donors (Lipinski definition) is 5. The zero-order valence-electron chi connectivity index (χ0n) is 20.4. The van der Waals surface area contributed by atoms with Crippen molar-refractivity contribution in [3.8, 4) is 5.75 Å². The summed E-state index contributed by atoms with van der Waals surface area (Å²) in [6.45, 7) is 0.245. The zero-order valence-corrected chi connectivity index (χ0v) is 21.9. The monoisotopic (exact) mass is 555 g/mol. The number of fused-ring (bicyclic) bond motifs is 1. The molecular formula is C25H26ClN7O4S. The minimum atomic E-state index is -4.18. The van der Waals surface area contributed by atoms with E-state index in [1.54, 1.807) is 42.5 Å². The molecule has 1 amide bonds. The molecule has 0 aliphatic carbocycles. The molecular weight excluding hydrogens is 530 g/mol. The molecule has 13 heteroatoms. The number of amides is 1. The van der Waals surface area contributed by atoms with E-state index >= 15 is 0 Å². The zero-order chi connectivity index (χ0) is 27.3. The van der Waals surface area contributed by atoms with Gasteiger partial charge in [0.1, 0.15) is 5.75 Å². The van der Waals surface area contributed by atoms with E-state index in [-0.39, 0.29) is 47.6 Å². The van der Waals surface area contributed by atoms with E-state index in [9.17, 15) is 13.2 Å². The Balaban J connectivity index is 1.75. The number of para-hydroxylation sites is 2. The second kappa shape index (κ2) is 11.6. The van der Waals surface area contributed by atoms with E-state index in [2.05, 4.69) is 25.3 Å². The number of ether oxygens (including phenoxy) is 1. The minimum absolute atomic E-state index is 0.0563. The third kappa shape index (κ3) is 6.11. The lowest BCUT2D eigenvalue weighted by atomic mass is 10.1. The average molecular weight is 556 g/mol. The van der Waals surface area contributed by atoms with Crippen molar-refractivity contribution < 1.29 is 17.9 Å². The first kappa shape index (κ1) is 27.1. The lowest BCUT2D eigenvalue weighted by Crippen LogP contribution is -2.19. The Morgan fingerprint density at radius 1 is 0.974 bits per heavy atom. The molecule has 0 saturated carbocycles. The highest BCUT2D eigenvalue weighted by Crippen LogP contribution is 2.33. The average Bonchev–Trinajstić information content (AvgIpc) is 2.90. The van der Waals surface area contributed by atoms with Gasteiger partial charge < -0.3 is 26.8 Å². The summed E-state index contributed by atoms with van der Waals surface area (Å²) < 4.78 is 34.7. The lowest BCUT2D eigenvalue weighted by molar-refractivity contribution is -0.116. The van der Waals surface area contributed by atoms with Crippen LogP contribution in [0.1, 0.15) is 12.0 Å². The number of sulfonamides is 1. The highest BCUT2D eigenvalue weighted by Gasteiger charge is 2.21. The summed E-state index contributed by atoms with van der Waals surface area (Å²) in [5.74, 6) is 0.250. The van der Waals surface area contributed by atoms with Crippen LogP contribution in [0.25, 0.3) is 11.0 Å². The standard InChI is InChI=1S/C25H26ClN7O4S/c1-37-16-7-9-18(26)22(12-16)32-24-25(31-20-5-3-2-4-19(20)30-24)33-38(35,36)17-8-6-15(14-28)21(13-17)29-23(34)10-11-27/h2-9,12-13H,10-11,14,27-28H2,1H3,(H,29,34)(H,30,32)(H,31,33). The molecule has 0 fully saturated rings. The van der Waals surface area contributed by atoms with Gasteiger partial charge in [-0.25, -0.2) is 18.4 Å². The van der Waals surface area contributed by atoms with E-state index in [1.807, 2.05) is 0 Å². The van der Waals surface area contributed by atoms with Crippen LogP contribution in [0.3, 0.4) is 0 Å². The number of benzene rings is 3. The van der Waals surface area contributed by atoms with Crippen LogP contribution in [0.2, 0.25) is 5.02 Å². The van der Waals surface area contributed by atoms with Crippen molar-refractivity contribution in [2.45, 2.75) is 17.9 Å². The third-order valence-corrected chi connectivity index (χ3v) is 7.15. The van der Waals surface area contributed by atoms with Crippen LogP contribution in [0.15, 0.2) is 65.6 Å². The van der Waals surface area contributed by atoms with Crippen LogP contribution in [0.5, 0.6) is 5.75 Å². The predicted molar refractivity (Wildman–Crippen MR) is 148 cm³/mol. The third-order valence-electron chi connectivity index (χ3n) is 5.49. The Morgan fingerprint density at radius 3 is 2.34 bits per heavy atom. The molecule has 3 aromatic carbocycles. The SMILES string of the molecule is COc1ccc(Cl)c(Nc2nc3ccccc3nc2NS(=O)(=O)c2ccc(CN)c(NC(=O)CCN)c2)c1. The summed E-state index contributed by atoms with van der Waals surface area (Å²) in [6.07, 6.45) is 0.0772. The number of methoxy groups -OCH3 is 1. The summed E-state index contributed by atoms with van der Waals surface area (Å²) in [6, 6.07) is 16.3. The second-order valence-corrected chi connectivity index (χ2v) is 10.2. The molecule has 11 nitrogen and oxygen atoms in total. The summed E-state index contributed by atoms with van der Waals surface area (Å²) >= 11 is 6.36. The van der Waals surface area contributed by atoms with E-state index < -0.39 is 10.0 Å². The quantitative estimate of drug-likeness (QED) is 0.196. The number of carbonyl (C=O) groups excluding carboxylic acids is 1. The van der Waals surface area contributed by atoms with E-state index in [0.29, 0.717) is 33.1 Å². The van der Waals surface area contributed by atoms with Crippen molar-refractivity contribution in [2.75, 3.05) is 29.0 Å². The molecule has 0 atom stereocenters. The number of hydrogen-bond acceptors (Lipinski definition) is 9. The first-order valence-corrected chi connectivity index (χ1v) is 13.3. The molecule has 0 unspecified atom stereocenters. The number of halogens is 1. The van der Waals surface area contributed by atoms with Gasteiger partial charge in [-0.05, 0) is 42.0 Å². The highest BCUT2D eigenvalue weighted by molar-refractivity contribution is 7.92. The molecule has 1 aromatic heterocycles. The van der Waals surface area contributed by atoms with Crippen molar-refractivity contribution in [1.29, 1.82) is 0 Å². The fraction of sp³-hybridized carbons (Fsp3) is 0.160. The van der Waals surface area contributed by atoms with E-state index in [4.69, 9.17) is 27.8 Å². The van der Waals surface area contributed by atoms with Crippen LogP contribution in [-0.4, -0.2) is 37.9 Å². The largest absolute Gasteiger partial charge is 0.497 e. The number of nitrogens with one attached hydrogen (secondary N) is 3. The van der Waals surface area contributed by atoms with Gasteiger partial charge >= 0.3 is 0 Å². The number of rotatable bonds is 10. The van der Waals surface area contributed by atoms with Gasteiger partial charge in [-0.3, -0.25) is 9.52 Å². The number of carbonyl (C=O) groups is 1. The molecule has 0 bridgehead atoms. The molecule has 38 heavy (non-hydrogen) atoms. The van der Waals surface area contributed by atoms with Crippen LogP contribution in [-0.2, 0) is 21.4 Å². The fourth-order valence-electron chi connectivity index (χ4n) is 3.56. The van der Waals surface area contributed by atoms with Crippen LogP contribution in [0.4, 0.5) is 23.0 Å². The van der Waals surface area contributed by atoms with Gasteiger partial charge in [0.15, 0.2) is 11.6 Å². The molecule has 1 heterocycles. The molecule has 7 N–H and O–H groups in total. The number of nitrogens with two attached hydrogens (primary N) is 2. The molecule has 198 valence electrons. The minimum Gasteiger partial charge on any atom is -0.497 e. The summed E-state index contributed by atoms with van der Waals surface area (Å²) in [4.78, 5) is 21.0. The smallest absolute Gasteiger partial charge is 0.263 e. The maximum Gasteiger partial charge on any atom is 0.263 e. The van der Waals surface area contributed by atoms with Gasteiger partial charge in [0, 0.05) is 31.3 Å². The van der Waals surface area contributed by atoms with Crippen molar-refractivity contribution >= 4 is 61.6 Å². The molecule has 0 saturated heterocycles. The van der Waals surface area contributed by atoms with Gasteiger partial charge in [-0.1, -0.05) is 29.8 Å². The first-order chi connectivity index (χ1) is 18.2. The molecule has 4 rings (SSSR count). The Bertz CT molecular complexity index is 1600. The van der Waals surface area contributed by atoms with E-state index in [0.717, 1.165) is 0 Å². The summed E-state index contributed by atoms with van der Waals surface area (Å²) in [5.41, 5.74) is 13.5. The maximum absolute atomic E-state index is 13.5. The highest BCUT2D eigenvalue weighted by atomic mass is 35.5. The molecule has 0 aliphatic heterocycles. The Kier molecular flexibility index (Phi) is 8.27. The van der Waals surface area contributed by atoms with Crippen LogP contribution < -0.4 is 31.6 Å². The number of aromatic nitrogens is 2. The first-order valence-electron chi connectivity index (χ1n) is 11.5. The van der Waals surface area contributed by atoms with E-state index in [1.165, 1.54) is 25.3 Å². The summed E-state index contributed by atoms with van der Waals surface area (Å²) in [7, 11) is -2.66. The second-order valence-electron chi connectivity index (χ2n) is 8.10. The Labute approximate surface area is 224 Å². The molecule has 0 aliphatic rings. The number of nitrogens with zero attached hydrogens (tertiary/aromatic N) is 2. The van der Waals surface area contributed by atoms with Crippen LogP contribution in [0, 0.1) is 0 Å². The lowest BCUT2D eigenvalue weighted by Gasteiger charge is -2.16. The molecule has 4 aromatic rings. The van der Waals surface area contributed by atoms with Crippen LogP contribution >= 0.6 is 11.6 Å².